The maximum Gasteiger partial charge on any atom is 0.374 e. The van der Waals surface area contributed by atoms with E-state index in [4.69, 9.17) is 13.6 Å². The molecule has 4 rings (SSSR count). The summed E-state index contributed by atoms with van der Waals surface area (Å²) in [6, 6.07) is 13.5. The summed E-state index contributed by atoms with van der Waals surface area (Å²) in [4.78, 5) is 11.8. The zero-order valence-corrected chi connectivity index (χ0v) is 16.1. The number of aryl methyl sites for hydroxylation is 1. The summed E-state index contributed by atoms with van der Waals surface area (Å²) in [5.41, 5.74) is 2.55. The van der Waals surface area contributed by atoms with Crippen molar-refractivity contribution in [1.29, 1.82) is 0 Å². The summed E-state index contributed by atoms with van der Waals surface area (Å²) in [6.45, 7) is 1.89. The molecule has 3 heterocycles. The highest BCUT2D eigenvalue weighted by molar-refractivity contribution is 7.98. The van der Waals surface area contributed by atoms with Crippen LogP contribution < -0.4 is 0 Å². The van der Waals surface area contributed by atoms with E-state index in [2.05, 4.69) is 10.2 Å². The Morgan fingerprint density at radius 2 is 1.89 bits per heavy atom. The summed E-state index contributed by atoms with van der Waals surface area (Å²) >= 11 is 1.46. The molecule has 4 aromatic rings. The van der Waals surface area contributed by atoms with Gasteiger partial charge in [0.2, 0.25) is 5.76 Å². The van der Waals surface area contributed by atoms with Crippen molar-refractivity contribution in [1.82, 2.24) is 14.8 Å². The van der Waals surface area contributed by atoms with Crippen molar-refractivity contribution in [2.45, 2.75) is 17.8 Å². The Morgan fingerprint density at radius 1 is 1.11 bits per heavy atom. The van der Waals surface area contributed by atoms with Crippen molar-refractivity contribution >= 4 is 17.7 Å². The van der Waals surface area contributed by atoms with E-state index in [1.807, 2.05) is 47.9 Å². The highest BCUT2D eigenvalue weighted by Gasteiger charge is 2.21. The normalized spacial score (nSPS) is 10.9. The maximum atomic E-state index is 11.8. The molecule has 0 saturated carbocycles. The number of nitrogens with zero attached hydrogens (tertiary/aromatic N) is 3. The summed E-state index contributed by atoms with van der Waals surface area (Å²) in [5, 5.41) is 9.45. The van der Waals surface area contributed by atoms with Gasteiger partial charge in [0, 0.05) is 17.0 Å². The first kappa shape index (κ1) is 18.1. The minimum absolute atomic E-state index is 0.201. The largest absolute Gasteiger partial charge is 0.469 e. The fourth-order valence-corrected chi connectivity index (χ4v) is 3.76. The van der Waals surface area contributed by atoms with Crippen molar-refractivity contribution in [2.75, 3.05) is 7.11 Å². The number of benzene rings is 1. The highest BCUT2D eigenvalue weighted by Crippen LogP contribution is 2.32. The number of hydrogen-bond donors (Lipinski definition) is 0. The number of para-hydroxylation sites is 1. The van der Waals surface area contributed by atoms with Gasteiger partial charge in [-0.1, -0.05) is 30.0 Å². The Labute approximate surface area is 165 Å². The molecule has 0 N–H and O–H groups in total. The molecule has 1 aromatic carbocycles. The molecule has 0 radical (unpaired) electrons. The lowest BCUT2D eigenvalue weighted by molar-refractivity contribution is 0.0564. The quantitative estimate of drug-likeness (QED) is 0.351. The first-order valence-electron chi connectivity index (χ1n) is 8.52. The van der Waals surface area contributed by atoms with Crippen molar-refractivity contribution in [3.8, 4) is 17.1 Å². The van der Waals surface area contributed by atoms with Crippen LogP contribution in [0.4, 0.5) is 0 Å². The van der Waals surface area contributed by atoms with E-state index in [9.17, 15) is 4.79 Å². The molecule has 28 heavy (non-hydrogen) atoms. The van der Waals surface area contributed by atoms with Crippen molar-refractivity contribution in [3.05, 3.63) is 72.1 Å². The number of rotatable bonds is 6. The third-order valence-corrected chi connectivity index (χ3v) is 5.20. The molecule has 0 aliphatic carbocycles. The van der Waals surface area contributed by atoms with Gasteiger partial charge in [0.15, 0.2) is 11.0 Å². The zero-order chi connectivity index (χ0) is 19.5. The third kappa shape index (κ3) is 3.34. The molecular formula is C20H17N3O4S. The minimum Gasteiger partial charge on any atom is -0.469 e. The summed E-state index contributed by atoms with van der Waals surface area (Å²) < 4.78 is 17.4. The molecule has 0 atom stereocenters. The van der Waals surface area contributed by atoms with Crippen LogP contribution in [-0.4, -0.2) is 27.8 Å². The molecule has 3 aromatic heterocycles. The van der Waals surface area contributed by atoms with Crippen LogP contribution in [0.2, 0.25) is 0 Å². The third-order valence-electron chi connectivity index (χ3n) is 4.22. The van der Waals surface area contributed by atoms with Gasteiger partial charge in [-0.05, 0) is 31.2 Å². The molecule has 0 saturated heterocycles. The molecule has 0 bridgehead atoms. The average molecular weight is 395 g/mol. The zero-order valence-electron chi connectivity index (χ0n) is 15.3. The second-order valence-electron chi connectivity index (χ2n) is 5.92. The number of carbonyl (C=O) groups is 1. The van der Waals surface area contributed by atoms with Gasteiger partial charge in [0.05, 0.1) is 25.2 Å². The number of esters is 1. The number of furan rings is 2. The summed E-state index contributed by atoms with van der Waals surface area (Å²) in [5.74, 6) is 1.65. The number of hydrogen-bond acceptors (Lipinski definition) is 7. The molecule has 0 aliphatic heterocycles. The van der Waals surface area contributed by atoms with Crippen molar-refractivity contribution in [3.63, 3.8) is 0 Å². The van der Waals surface area contributed by atoms with Gasteiger partial charge in [-0.3, -0.25) is 4.57 Å². The molecular weight excluding hydrogens is 378 g/mol. The SMILES string of the molecule is COC(=O)c1occc1CSc1nnc(-c2ccoc2C)n1-c1ccccc1. The number of ether oxygens (including phenoxy) is 1. The van der Waals surface area contributed by atoms with E-state index in [0.29, 0.717) is 16.7 Å². The maximum absolute atomic E-state index is 11.8. The second-order valence-corrected chi connectivity index (χ2v) is 6.87. The second kappa shape index (κ2) is 7.77. The van der Waals surface area contributed by atoms with Gasteiger partial charge in [-0.15, -0.1) is 10.2 Å². The van der Waals surface area contributed by atoms with Crippen LogP contribution in [0, 0.1) is 6.92 Å². The summed E-state index contributed by atoms with van der Waals surface area (Å²) in [7, 11) is 1.33. The molecule has 142 valence electrons. The molecule has 0 spiro atoms. The standard InChI is InChI=1S/C20H17N3O4S/c1-13-16(9-11-26-13)18-21-22-20(23(18)15-6-4-3-5-7-15)28-12-14-8-10-27-17(14)19(24)25-2/h3-11H,12H2,1-2H3. The fourth-order valence-electron chi connectivity index (χ4n) is 2.83. The van der Waals surface area contributed by atoms with E-state index >= 15 is 0 Å². The van der Waals surface area contributed by atoms with E-state index in [0.717, 1.165) is 22.6 Å². The predicted octanol–water partition coefficient (Wildman–Crippen LogP) is 4.51. The van der Waals surface area contributed by atoms with Gasteiger partial charge in [0.1, 0.15) is 5.76 Å². The van der Waals surface area contributed by atoms with Gasteiger partial charge in [-0.2, -0.15) is 0 Å². The van der Waals surface area contributed by atoms with Crippen LogP contribution >= 0.6 is 11.8 Å². The van der Waals surface area contributed by atoms with Crippen LogP contribution in [0.25, 0.3) is 17.1 Å². The number of methoxy groups -OCH3 is 1. The topological polar surface area (TPSA) is 83.3 Å². The minimum atomic E-state index is -0.500. The van der Waals surface area contributed by atoms with E-state index in [1.54, 1.807) is 12.3 Å². The molecule has 0 aliphatic rings. The first-order valence-corrected chi connectivity index (χ1v) is 9.50. The number of thioether (sulfide) groups is 1. The van der Waals surface area contributed by atoms with Crippen LogP contribution in [0.15, 0.2) is 69.0 Å². The average Bonchev–Trinajstić information content (AvgIpc) is 3.45. The lowest BCUT2D eigenvalue weighted by Crippen LogP contribution is -2.03. The molecule has 0 unspecified atom stereocenters. The Hall–Kier alpha value is -3.26. The first-order chi connectivity index (χ1) is 13.7. The van der Waals surface area contributed by atoms with Crippen LogP contribution in [0.5, 0.6) is 0 Å². The van der Waals surface area contributed by atoms with E-state index in [1.165, 1.54) is 25.1 Å². The van der Waals surface area contributed by atoms with E-state index in [-0.39, 0.29) is 5.76 Å². The van der Waals surface area contributed by atoms with Gasteiger partial charge in [-0.25, -0.2) is 4.79 Å². The molecule has 0 fully saturated rings. The van der Waals surface area contributed by atoms with Crippen LogP contribution in [0.3, 0.4) is 0 Å². The van der Waals surface area contributed by atoms with Gasteiger partial charge >= 0.3 is 5.97 Å². The number of carbonyl (C=O) groups excluding carboxylic acids is 1. The smallest absolute Gasteiger partial charge is 0.374 e. The van der Waals surface area contributed by atoms with Crippen molar-refractivity contribution < 1.29 is 18.4 Å². The van der Waals surface area contributed by atoms with Gasteiger partial charge in [0.25, 0.3) is 0 Å². The molecule has 0 amide bonds. The summed E-state index contributed by atoms with van der Waals surface area (Å²) in [6.07, 6.45) is 3.11. The highest BCUT2D eigenvalue weighted by atomic mass is 32.2. The predicted molar refractivity (Wildman–Crippen MR) is 103 cm³/mol. The van der Waals surface area contributed by atoms with E-state index < -0.39 is 5.97 Å². The Kier molecular flexibility index (Phi) is 5.03. The fraction of sp³-hybridized carbons (Fsp3) is 0.150. The monoisotopic (exact) mass is 395 g/mol. The Morgan fingerprint density at radius 3 is 2.61 bits per heavy atom. The Balaban J connectivity index is 1.70. The Bertz CT molecular complexity index is 1100. The lowest BCUT2D eigenvalue weighted by atomic mass is 10.2. The molecule has 8 heteroatoms. The number of aromatic nitrogens is 3. The van der Waals surface area contributed by atoms with Crippen molar-refractivity contribution in [2.24, 2.45) is 0 Å². The van der Waals surface area contributed by atoms with Gasteiger partial charge < -0.3 is 13.6 Å². The van der Waals surface area contributed by atoms with Crippen LogP contribution in [0.1, 0.15) is 21.9 Å². The van der Waals surface area contributed by atoms with Crippen LogP contribution in [-0.2, 0) is 10.5 Å². The molecule has 7 nitrogen and oxygen atoms in total. The lowest BCUT2D eigenvalue weighted by Gasteiger charge is -2.09.